The van der Waals surface area contributed by atoms with E-state index in [-0.39, 0.29) is 30.7 Å². The summed E-state index contributed by atoms with van der Waals surface area (Å²) in [6.45, 7) is 5.51. The Morgan fingerprint density at radius 2 is 2.00 bits per heavy atom. The van der Waals surface area contributed by atoms with Gasteiger partial charge in [0.15, 0.2) is 0 Å². The molecule has 2 heterocycles. The van der Waals surface area contributed by atoms with Gasteiger partial charge in [-0.3, -0.25) is 9.48 Å². The molecule has 3 aromatic rings. The van der Waals surface area contributed by atoms with Crippen LogP contribution in [0.3, 0.4) is 0 Å². The van der Waals surface area contributed by atoms with E-state index < -0.39 is 0 Å². The predicted octanol–water partition coefficient (Wildman–Crippen LogP) is 4.06. The van der Waals surface area contributed by atoms with Crippen LogP contribution < -0.4 is 10.6 Å². The highest BCUT2D eigenvalue weighted by molar-refractivity contribution is 7.17. The van der Waals surface area contributed by atoms with Gasteiger partial charge in [-0.05, 0) is 25.1 Å². The number of anilines is 1. The topological polar surface area (TPSA) is 71.8 Å². The average molecular weight is 428 g/mol. The Hall–Kier alpha value is -1.93. The van der Waals surface area contributed by atoms with Crippen molar-refractivity contribution in [2.24, 2.45) is 7.05 Å². The van der Waals surface area contributed by atoms with E-state index in [1.165, 1.54) is 11.3 Å². The van der Waals surface area contributed by atoms with Crippen molar-refractivity contribution in [3.63, 3.8) is 0 Å². The largest absolute Gasteiger partial charge is 0.321 e. The predicted molar refractivity (Wildman–Crippen MR) is 115 cm³/mol. The fourth-order valence-corrected chi connectivity index (χ4v) is 3.43. The van der Waals surface area contributed by atoms with Crippen LogP contribution in [0.25, 0.3) is 10.6 Å². The number of para-hydroxylation sites is 1. The first-order chi connectivity index (χ1) is 12.1. The lowest BCUT2D eigenvalue weighted by atomic mass is 10.1. The van der Waals surface area contributed by atoms with Gasteiger partial charge in [0.2, 0.25) is 0 Å². The molecule has 2 aromatic heterocycles. The minimum atomic E-state index is -0.130. The molecule has 1 amide bonds. The molecule has 1 aromatic carbocycles. The van der Waals surface area contributed by atoms with E-state index >= 15 is 0 Å². The van der Waals surface area contributed by atoms with Gasteiger partial charge in [0, 0.05) is 31.0 Å². The quantitative estimate of drug-likeness (QED) is 0.621. The summed E-state index contributed by atoms with van der Waals surface area (Å²) in [6, 6.07) is 7.83. The highest BCUT2D eigenvalue weighted by Gasteiger charge is 2.18. The third kappa shape index (κ3) is 5.52. The van der Waals surface area contributed by atoms with Gasteiger partial charge < -0.3 is 10.6 Å². The molecule has 0 radical (unpaired) electrons. The van der Waals surface area contributed by atoms with Crippen LogP contribution in [-0.4, -0.2) is 27.2 Å². The highest BCUT2D eigenvalue weighted by atomic mass is 35.5. The fourth-order valence-electron chi connectivity index (χ4n) is 2.50. The second-order valence-corrected chi connectivity index (χ2v) is 6.73. The van der Waals surface area contributed by atoms with Crippen molar-refractivity contribution in [2.45, 2.75) is 20.4 Å². The molecule has 0 aliphatic rings. The maximum absolute atomic E-state index is 12.7. The molecule has 2 N–H and O–H groups in total. The van der Waals surface area contributed by atoms with Gasteiger partial charge in [-0.1, -0.05) is 25.1 Å². The van der Waals surface area contributed by atoms with Crippen molar-refractivity contribution < 1.29 is 4.79 Å². The maximum Gasteiger partial charge on any atom is 0.267 e. The minimum Gasteiger partial charge on any atom is -0.321 e. The number of amides is 1. The minimum absolute atomic E-state index is 0. The van der Waals surface area contributed by atoms with E-state index in [1.807, 2.05) is 44.4 Å². The average Bonchev–Trinajstić information content (AvgIpc) is 3.20. The van der Waals surface area contributed by atoms with Crippen LogP contribution in [-0.2, 0) is 13.6 Å². The molecule has 9 heteroatoms. The number of rotatable bonds is 6. The van der Waals surface area contributed by atoms with Gasteiger partial charge in [-0.25, -0.2) is 4.98 Å². The number of thiazole rings is 1. The van der Waals surface area contributed by atoms with E-state index in [4.69, 9.17) is 0 Å². The standard InChI is InChI=1S/C18H21N5OS.2ClH/c1-4-19-9-13-7-5-6-8-15(13)22-17(24)16-12(2)21-18(25-16)14-10-20-23(3)11-14;;/h5-8,10-11,19H,4,9H2,1-3H3,(H,22,24);2*1H. The summed E-state index contributed by atoms with van der Waals surface area (Å²) in [7, 11) is 1.86. The van der Waals surface area contributed by atoms with Gasteiger partial charge >= 0.3 is 0 Å². The smallest absolute Gasteiger partial charge is 0.267 e. The Labute approximate surface area is 175 Å². The summed E-state index contributed by atoms with van der Waals surface area (Å²) in [5.74, 6) is -0.130. The molecule has 6 nitrogen and oxygen atoms in total. The zero-order valence-corrected chi connectivity index (χ0v) is 17.8. The van der Waals surface area contributed by atoms with Crippen LogP contribution in [0.4, 0.5) is 5.69 Å². The Kier molecular flexibility index (Phi) is 8.92. The molecule has 0 bridgehead atoms. The van der Waals surface area contributed by atoms with Crippen LogP contribution >= 0.6 is 36.2 Å². The Balaban J connectivity index is 0.00000182. The summed E-state index contributed by atoms with van der Waals surface area (Å²) in [5.41, 5.74) is 3.53. The molecule has 0 saturated heterocycles. The zero-order chi connectivity index (χ0) is 17.8. The number of nitrogens with one attached hydrogen (secondary N) is 2. The first-order valence-corrected chi connectivity index (χ1v) is 8.96. The van der Waals surface area contributed by atoms with E-state index in [0.717, 1.165) is 40.6 Å². The summed E-state index contributed by atoms with van der Waals surface area (Å²) < 4.78 is 1.72. The zero-order valence-electron chi connectivity index (χ0n) is 15.4. The first kappa shape index (κ1) is 23.1. The van der Waals surface area contributed by atoms with Gasteiger partial charge in [-0.2, -0.15) is 5.10 Å². The Morgan fingerprint density at radius 3 is 2.67 bits per heavy atom. The van der Waals surface area contributed by atoms with E-state index in [2.05, 4.69) is 27.6 Å². The summed E-state index contributed by atoms with van der Waals surface area (Å²) >= 11 is 1.38. The van der Waals surface area contributed by atoms with Gasteiger partial charge in [0.1, 0.15) is 9.88 Å². The van der Waals surface area contributed by atoms with Crippen LogP contribution in [0.5, 0.6) is 0 Å². The molecular weight excluding hydrogens is 405 g/mol. The summed E-state index contributed by atoms with van der Waals surface area (Å²) in [6.07, 6.45) is 3.65. The van der Waals surface area contributed by atoms with Crippen LogP contribution in [0, 0.1) is 6.92 Å². The van der Waals surface area contributed by atoms with Gasteiger partial charge in [0.05, 0.1) is 11.9 Å². The molecule has 0 unspecified atom stereocenters. The van der Waals surface area contributed by atoms with E-state index in [1.54, 1.807) is 10.9 Å². The molecule has 0 saturated carbocycles. The summed E-state index contributed by atoms with van der Waals surface area (Å²) in [5, 5.41) is 11.3. The first-order valence-electron chi connectivity index (χ1n) is 8.15. The van der Waals surface area contributed by atoms with Crippen molar-refractivity contribution in [2.75, 3.05) is 11.9 Å². The third-order valence-electron chi connectivity index (χ3n) is 3.79. The van der Waals surface area contributed by atoms with Crippen LogP contribution in [0.2, 0.25) is 0 Å². The number of carbonyl (C=O) groups excluding carboxylic acids is 1. The number of aromatic nitrogens is 3. The summed E-state index contributed by atoms with van der Waals surface area (Å²) in [4.78, 5) is 17.9. The monoisotopic (exact) mass is 427 g/mol. The number of halogens is 2. The SMILES string of the molecule is CCNCc1ccccc1NC(=O)c1sc(-c2cnn(C)c2)nc1C.Cl.Cl. The van der Waals surface area contributed by atoms with Crippen LogP contribution in [0.15, 0.2) is 36.7 Å². The van der Waals surface area contributed by atoms with E-state index in [9.17, 15) is 4.79 Å². The van der Waals surface area contributed by atoms with Crippen molar-refractivity contribution >= 4 is 47.7 Å². The van der Waals surface area contributed by atoms with Crippen molar-refractivity contribution in [3.8, 4) is 10.6 Å². The molecule has 0 aliphatic carbocycles. The number of aryl methyl sites for hydroxylation is 2. The number of nitrogens with zero attached hydrogens (tertiary/aromatic N) is 3. The van der Waals surface area contributed by atoms with Gasteiger partial charge in [0.25, 0.3) is 5.91 Å². The van der Waals surface area contributed by atoms with Crippen LogP contribution in [0.1, 0.15) is 27.9 Å². The number of hydrogen-bond donors (Lipinski definition) is 2. The number of hydrogen-bond acceptors (Lipinski definition) is 5. The molecule has 0 spiro atoms. The van der Waals surface area contributed by atoms with Gasteiger partial charge in [-0.15, -0.1) is 36.2 Å². The number of benzene rings is 1. The molecule has 3 rings (SSSR count). The second kappa shape index (κ2) is 10.4. The Morgan fingerprint density at radius 1 is 1.26 bits per heavy atom. The molecule has 0 atom stereocenters. The fraction of sp³-hybridized carbons (Fsp3) is 0.278. The molecule has 0 fully saturated rings. The van der Waals surface area contributed by atoms with Crippen molar-refractivity contribution in [3.05, 3.63) is 52.8 Å². The second-order valence-electron chi connectivity index (χ2n) is 5.73. The van der Waals surface area contributed by atoms with Crippen molar-refractivity contribution in [1.29, 1.82) is 0 Å². The van der Waals surface area contributed by atoms with Crippen molar-refractivity contribution in [1.82, 2.24) is 20.1 Å². The van der Waals surface area contributed by atoms with E-state index in [0.29, 0.717) is 4.88 Å². The molecule has 0 aliphatic heterocycles. The highest BCUT2D eigenvalue weighted by Crippen LogP contribution is 2.28. The lowest BCUT2D eigenvalue weighted by Crippen LogP contribution is -2.17. The lowest BCUT2D eigenvalue weighted by Gasteiger charge is -2.10. The molecular formula is C18H23Cl2N5OS. The maximum atomic E-state index is 12.7. The third-order valence-corrected chi connectivity index (χ3v) is 4.99. The molecule has 27 heavy (non-hydrogen) atoms. The lowest BCUT2D eigenvalue weighted by molar-refractivity contribution is 0.102. The normalized spacial score (nSPS) is 10.0. The number of carbonyl (C=O) groups is 1. The molecule has 146 valence electrons. The Bertz CT molecular complexity index is 894.